The SMILES string of the molecule is [CH2]CCCCCCCCCCCCCC(CCO)NC(=O)CCCCCCCCCCCCCCC(O)(O)O. The van der Waals surface area contributed by atoms with E-state index in [2.05, 4.69) is 12.2 Å². The number of carbonyl (C=O) groups excluding carboxylic acids is 1. The highest BCUT2D eigenvalue weighted by Crippen LogP contribution is 2.16. The summed E-state index contributed by atoms with van der Waals surface area (Å²) in [6.07, 6.45) is 31.0. The second kappa shape index (κ2) is 28.8. The monoisotopic (exact) mass is 556 g/mol. The second-order valence-electron chi connectivity index (χ2n) is 11.8. The Bertz CT molecular complexity index is 509. The number of aliphatic hydroxyl groups excluding tert-OH is 1. The first kappa shape index (κ1) is 38.3. The number of unbranched alkanes of at least 4 members (excludes halogenated alkanes) is 22. The second-order valence-corrected chi connectivity index (χ2v) is 11.8. The van der Waals surface area contributed by atoms with Gasteiger partial charge in [-0.2, -0.15) is 0 Å². The van der Waals surface area contributed by atoms with Gasteiger partial charge in [-0.05, 0) is 25.7 Å². The normalized spacial score (nSPS) is 12.6. The first-order valence-corrected chi connectivity index (χ1v) is 16.8. The Morgan fingerprint density at radius 3 is 1.36 bits per heavy atom. The van der Waals surface area contributed by atoms with Gasteiger partial charge in [-0.15, -0.1) is 0 Å². The predicted molar refractivity (Wildman–Crippen MR) is 163 cm³/mol. The minimum atomic E-state index is -2.50. The Morgan fingerprint density at radius 2 is 0.949 bits per heavy atom. The first-order chi connectivity index (χ1) is 18.9. The summed E-state index contributed by atoms with van der Waals surface area (Å²) in [4.78, 5) is 12.4. The van der Waals surface area contributed by atoms with Crippen LogP contribution in [-0.2, 0) is 4.79 Å². The zero-order chi connectivity index (χ0) is 28.9. The quantitative estimate of drug-likeness (QED) is 0.0441. The maximum absolute atomic E-state index is 12.4. The first-order valence-electron chi connectivity index (χ1n) is 16.8. The van der Waals surface area contributed by atoms with E-state index in [0.717, 1.165) is 44.9 Å². The molecule has 0 rings (SSSR count). The molecule has 0 aromatic carbocycles. The fourth-order valence-corrected chi connectivity index (χ4v) is 5.32. The summed E-state index contributed by atoms with van der Waals surface area (Å²) < 4.78 is 0. The van der Waals surface area contributed by atoms with Gasteiger partial charge in [0.15, 0.2) is 0 Å². The average Bonchev–Trinajstić information content (AvgIpc) is 2.89. The van der Waals surface area contributed by atoms with Crippen LogP contribution in [0.15, 0.2) is 0 Å². The molecule has 1 atom stereocenters. The Morgan fingerprint density at radius 1 is 0.564 bits per heavy atom. The van der Waals surface area contributed by atoms with Gasteiger partial charge in [0.1, 0.15) is 0 Å². The minimum absolute atomic E-state index is 0.0241. The van der Waals surface area contributed by atoms with Gasteiger partial charge in [0.25, 0.3) is 5.97 Å². The largest absolute Gasteiger partial charge is 0.396 e. The smallest absolute Gasteiger partial charge is 0.275 e. The highest BCUT2D eigenvalue weighted by Gasteiger charge is 2.16. The average molecular weight is 557 g/mol. The van der Waals surface area contributed by atoms with Gasteiger partial charge in [0.2, 0.25) is 5.91 Å². The molecular formula is C33H66NO5. The Labute approximate surface area is 241 Å². The zero-order valence-corrected chi connectivity index (χ0v) is 25.5. The molecule has 233 valence electrons. The molecule has 6 heteroatoms. The third kappa shape index (κ3) is 31.7. The van der Waals surface area contributed by atoms with E-state index in [4.69, 9.17) is 15.3 Å². The van der Waals surface area contributed by atoms with Crippen LogP contribution in [0.4, 0.5) is 0 Å². The molecule has 0 heterocycles. The predicted octanol–water partition coefficient (Wildman–Crippen LogP) is 7.85. The number of nitrogens with one attached hydrogen (secondary N) is 1. The maximum Gasteiger partial charge on any atom is 0.275 e. The number of aliphatic hydroxyl groups is 4. The van der Waals surface area contributed by atoms with Gasteiger partial charge < -0.3 is 25.7 Å². The summed E-state index contributed by atoms with van der Waals surface area (Å²) in [6, 6.07) is 0.119. The Kier molecular flexibility index (Phi) is 28.3. The maximum atomic E-state index is 12.4. The molecule has 5 N–H and O–H groups in total. The van der Waals surface area contributed by atoms with Crippen LogP contribution in [0, 0.1) is 6.92 Å². The summed E-state index contributed by atoms with van der Waals surface area (Å²) in [5.74, 6) is -2.36. The lowest BCUT2D eigenvalue weighted by molar-refractivity contribution is -0.315. The van der Waals surface area contributed by atoms with Gasteiger partial charge >= 0.3 is 0 Å². The van der Waals surface area contributed by atoms with Crippen LogP contribution in [0.25, 0.3) is 0 Å². The Hall–Kier alpha value is -0.690. The summed E-state index contributed by atoms with van der Waals surface area (Å²) in [7, 11) is 0. The molecular weight excluding hydrogens is 490 g/mol. The standard InChI is InChI=1S/C33H66NO5/c1-2-3-4-5-6-7-8-11-14-17-20-23-26-31(28-30-35)34-32(36)27-24-21-18-15-12-9-10-13-16-19-22-25-29-33(37,38)39/h31,35,37-39H,1-30H2,(H,34,36). The van der Waals surface area contributed by atoms with Crippen molar-refractivity contribution in [1.82, 2.24) is 5.32 Å². The number of hydrogen-bond donors (Lipinski definition) is 5. The molecule has 0 saturated carbocycles. The van der Waals surface area contributed by atoms with Gasteiger partial charge in [-0.25, -0.2) is 0 Å². The fourth-order valence-electron chi connectivity index (χ4n) is 5.32. The van der Waals surface area contributed by atoms with Crippen molar-refractivity contribution in [3.8, 4) is 0 Å². The molecule has 0 bridgehead atoms. The molecule has 0 aliphatic carbocycles. The van der Waals surface area contributed by atoms with Crippen molar-refractivity contribution in [2.75, 3.05) is 6.61 Å². The van der Waals surface area contributed by atoms with E-state index < -0.39 is 5.97 Å². The summed E-state index contributed by atoms with van der Waals surface area (Å²) in [5.41, 5.74) is 0. The van der Waals surface area contributed by atoms with Crippen molar-refractivity contribution >= 4 is 5.91 Å². The van der Waals surface area contributed by atoms with Crippen LogP contribution in [-0.4, -0.2) is 45.0 Å². The molecule has 0 aromatic heterocycles. The van der Waals surface area contributed by atoms with E-state index in [-0.39, 0.29) is 25.0 Å². The molecule has 39 heavy (non-hydrogen) atoms. The number of carbonyl (C=O) groups is 1. The van der Waals surface area contributed by atoms with E-state index in [1.807, 2.05) is 0 Å². The van der Waals surface area contributed by atoms with Crippen LogP contribution in [0.2, 0.25) is 0 Å². The van der Waals surface area contributed by atoms with Crippen molar-refractivity contribution in [3.05, 3.63) is 6.92 Å². The van der Waals surface area contributed by atoms with E-state index in [9.17, 15) is 9.90 Å². The van der Waals surface area contributed by atoms with Crippen molar-refractivity contribution < 1.29 is 25.2 Å². The van der Waals surface area contributed by atoms with Crippen LogP contribution in [0.5, 0.6) is 0 Å². The minimum Gasteiger partial charge on any atom is -0.396 e. The molecule has 1 amide bonds. The summed E-state index contributed by atoms with van der Waals surface area (Å²) >= 11 is 0. The molecule has 0 aliphatic heterocycles. The van der Waals surface area contributed by atoms with Crippen molar-refractivity contribution in [2.24, 2.45) is 0 Å². The third-order valence-electron chi connectivity index (χ3n) is 7.81. The summed E-state index contributed by atoms with van der Waals surface area (Å²) in [6.45, 7) is 4.04. The van der Waals surface area contributed by atoms with Gasteiger partial charge in [-0.1, -0.05) is 148 Å². The van der Waals surface area contributed by atoms with Crippen molar-refractivity contribution in [3.63, 3.8) is 0 Å². The number of rotatable bonds is 31. The van der Waals surface area contributed by atoms with E-state index >= 15 is 0 Å². The highest BCUT2D eigenvalue weighted by molar-refractivity contribution is 5.76. The molecule has 0 saturated heterocycles. The van der Waals surface area contributed by atoms with E-state index in [0.29, 0.717) is 19.3 Å². The molecule has 0 fully saturated rings. The molecule has 1 radical (unpaired) electrons. The molecule has 0 aromatic rings. The van der Waals surface area contributed by atoms with Crippen molar-refractivity contribution in [2.45, 2.75) is 192 Å². The van der Waals surface area contributed by atoms with E-state index in [1.54, 1.807) is 0 Å². The Balaban J connectivity index is 3.53. The lowest BCUT2D eigenvalue weighted by Gasteiger charge is -2.18. The number of hydrogen-bond acceptors (Lipinski definition) is 5. The van der Waals surface area contributed by atoms with Crippen LogP contribution in [0.1, 0.15) is 180 Å². The van der Waals surface area contributed by atoms with Gasteiger partial charge in [0.05, 0.1) is 0 Å². The van der Waals surface area contributed by atoms with Crippen LogP contribution in [0.3, 0.4) is 0 Å². The molecule has 6 nitrogen and oxygen atoms in total. The lowest BCUT2D eigenvalue weighted by atomic mass is 10.0. The molecule has 0 spiro atoms. The van der Waals surface area contributed by atoms with E-state index in [1.165, 1.54) is 109 Å². The zero-order valence-electron chi connectivity index (χ0n) is 25.5. The molecule has 0 aliphatic rings. The van der Waals surface area contributed by atoms with Gasteiger partial charge in [0, 0.05) is 25.5 Å². The van der Waals surface area contributed by atoms with Crippen LogP contribution < -0.4 is 5.32 Å². The highest BCUT2D eigenvalue weighted by atomic mass is 16.7. The summed E-state index contributed by atoms with van der Waals surface area (Å²) in [5, 5.41) is 39.1. The van der Waals surface area contributed by atoms with Crippen molar-refractivity contribution in [1.29, 1.82) is 0 Å². The lowest BCUT2D eigenvalue weighted by Crippen LogP contribution is -2.35. The third-order valence-corrected chi connectivity index (χ3v) is 7.81. The topological polar surface area (TPSA) is 110 Å². The van der Waals surface area contributed by atoms with Crippen LogP contribution >= 0.6 is 0 Å². The molecule has 1 unspecified atom stereocenters. The number of amides is 1. The fraction of sp³-hybridized carbons (Fsp3) is 0.939. The van der Waals surface area contributed by atoms with Gasteiger partial charge in [-0.3, -0.25) is 4.79 Å².